The average molecular weight is 342 g/mol. The standard InChI is InChI=1S/C20H22O5/c1-4-16(14-8-6-5-7-9-14)20(22)25-13-18(21)17-11-10-15(23-2)12-19(17)24-3/h5-12,16H,4,13H2,1-3H3/t16-/m1/s1. The fourth-order valence-electron chi connectivity index (χ4n) is 2.57. The molecule has 25 heavy (non-hydrogen) atoms. The fraction of sp³-hybridized carbons (Fsp3) is 0.300. The molecule has 0 spiro atoms. The van der Waals surface area contributed by atoms with E-state index >= 15 is 0 Å². The summed E-state index contributed by atoms with van der Waals surface area (Å²) < 4.78 is 15.6. The molecule has 0 fully saturated rings. The molecule has 2 aromatic carbocycles. The molecule has 0 unspecified atom stereocenters. The van der Waals surface area contributed by atoms with E-state index in [1.54, 1.807) is 18.2 Å². The summed E-state index contributed by atoms with van der Waals surface area (Å²) in [4.78, 5) is 24.7. The number of carbonyl (C=O) groups excluding carboxylic acids is 2. The molecule has 5 heteroatoms. The van der Waals surface area contributed by atoms with Gasteiger partial charge in [0.05, 0.1) is 25.7 Å². The van der Waals surface area contributed by atoms with E-state index in [1.807, 2.05) is 37.3 Å². The van der Waals surface area contributed by atoms with Crippen LogP contribution < -0.4 is 9.47 Å². The lowest BCUT2D eigenvalue weighted by Crippen LogP contribution is -2.20. The minimum atomic E-state index is -0.408. The van der Waals surface area contributed by atoms with Crippen molar-refractivity contribution in [2.45, 2.75) is 19.3 Å². The largest absolute Gasteiger partial charge is 0.497 e. The van der Waals surface area contributed by atoms with E-state index in [2.05, 4.69) is 0 Å². The van der Waals surface area contributed by atoms with E-state index in [-0.39, 0.29) is 18.3 Å². The molecule has 0 radical (unpaired) electrons. The van der Waals surface area contributed by atoms with E-state index in [4.69, 9.17) is 14.2 Å². The predicted molar refractivity (Wildman–Crippen MR) is 94.3 cm³/mol. The molecular weight excluding hydrogens is 320 g/mol. The van der Waals surface area contributed by atoms with Crippen molar-refractivity contribution in [3.8, 4) is 11.5 Å². The lowest BCUT2D eigenvalue weighted by molar-refractivity contribution is -0.144. The zero-order chi connectivity index (χ0) is 18.2. The van der Waals surface area contributed by atoms with Crippen LogP contribution in [0.5, 0.6) is 11.5 Å². The normalized spacial score (nSPS) is 11.5. The van der Waals surface area contributed by atoms with Gasteiger partial charge in [-0.3, -0.25) is 9.59 Å². The van der Waals surface area contributed by atoms with Crippen molar-refractivity contribution in [3.05, 3.63) is 59.7 Å². The summed E-state index contributed by atoms with van der Waals surface area (Å²) in [5, 5.41) is 0. The molecule has 0 saturated heterocycles. The molecule has 5 nitrogen and oxygen atoms in total. The number of hydrogen-bond acceptors (Lipinski definition) is 5. The molecule has 0 aliphatic carbocycles. The van der Waals surface area contributed by atoms with Crippen molar-refractivity contribution < 1.29 is 23.8 Å². The Morgan fingerprint density at radius 3 is 2.32 bits per heavy atom. The second-order valence-electron chi connectivity index (χ2n) is 5.47. The molecule has 2 aromatic rings. The molecule has 0 aromatic heterocycles. The average Bonchev–Trinajstić information content (AvgIpc) is 2.67. The maximum Gasteiger partial charge on any atom is 0.313 e. The van der Waals surface area contributed by atoms with Crippen LogP contribution in [0.1, 0.15) is 35.2 Å². The molecule has 132 valence electrons. The Labute approximate surface area is 147 Å². The number of methoxy groups -OCH3 is 2. The Kier molecular flexibility index (Phi) is 6.57. The Hall–Kier alpha value is -2.82. The van der Waals surface area contributed by atoms with E-state index in [9.17, 15) is 9.59 Å². The molecule has 1 atom stereocenters. The number of benzene rings is 2. The number of Topliss-reactive ketones (excluding diaryl/α,β-unsaturated/α-hetero) is 1. The molecule has 2 rings (SSSR count). The lowest BCUT2D eigenvalue weighted by Gasteiger charge is -2.15. The zero-order valence-corrected chi connectivity index (χ0v) is 14.7. The monoisotopic (exact) mass is 342 g/mol. The summed E-state index contributed by atoms with van der Waals surface area (Å²) in [5.41, 5.74) is 1.23. The zero-order valence-electron chi connectivity index (χ0n) is 14.7. The smallest absolute Gasteiger partial charge is 0.313 e. The van der Waals surface area contributed by atoms with Crippen LogP contribution in [0.3, 0.4) is 0 Å². The Balaban J connectivity index is 2.05. The van der Waals surface area contributed by atoms with Crippen LogP contribution in [0.25, 0.3) is 0 Å². The van der Waals surface area contributed by atoms with Gasteiger partial charge < -0.3 is 14.2 Å². The molecule has 0 aliphatic heterocycles. The topological polar surface area (TPSA) is 61.8 Å². The van der Waals surface area contributed by atoms with Crippen molar-refractivity contribution in [2.24, 2.45) is 0 Å². The summed E-state index contributed by atoms with van der Waals surface area (Å²) in [7, 11) is 3.01. The van der Waals surface area contributed by atoms with Crippen LogP contribution in [0.15, 0.2) is 48.5 Å². The first kappa shape index (κ1) is 18.5. The van der Waals surface area contributed by atoms with Crippen molar-refractivity contribution in [2.75, 3.05) is 20.8 Å². The second-order valence-corrected chi connectivity index (χ2v) is 5.47. The molecule has 0 bridgehead atoms. The van der Waals surface area contributed by atoms with Crippen LogP contribution in [0, 0.1) is 0 Å². The minimum absolute atomic E-state index is 0.323. The van der Waals surface area contributed by atoms with Gasteiger partial charge in [-0.05, 0) is 24.1 Å². The molecule has 0 aliphatic rings. The van der Waals surface area contributed by atoms with Crippen molar-refractivity contribution >= 4 is 11.8 Å². The Morgan fingerprint density at radius 2 is 1.72 bits per heavy atom. The van der Waals surface area contributed by atoms with Gasteiger partial charge in [-0.2, -0.15) is 0 Å². The summed E-state index contributed by atoms with van der Waals surface area (Å²) in [5.74, 6) is -0.145. The first-order valence-corrected chi connectivity index (χ1v) is 8.07. The Bertz CT molecular complexity index is 724. The lowest BCUT2D eigenvalue weighted by atomic mass is 9.97. The van der Waals surface area contributed by atoms with Crippen LogP contribution in [0.4, 0.5) is 0 Å². The summed E-state index contributed by atoms with van der Waals surface area (Å²) in [6.07, 6.45) is 0.600. The van der Waals surface area contributed by atoms with Gasteiger partial charge in [0, 0.05) is 6.07 Å². The molecule has 0 saturated carbocycles. The maximum atomic E-state index is 12.4. The summed E-state index contributed by atoms with van der Waals surface area (Å²) in [6, 6.07) is 14.3. The van der Waals surface area contributed by atoms with E-state index < -0.39 is 5.97 Å². The predicted octanol–water partition coefficient (Wildman–Crippen LogP) is 3.62. The number of ketones is 1. The number of carbonyl (C=O) groups is 2. The first-order chi connectivity index (χ1) is 12.1. The van der Waals surface area contributed by atoms with Crippen LogP contribution in [-0.2, 0) is 9.53 Å². The maximum absolute atomic E-state index is 12.4. The number of hydrogen-bond donors (Lipinski definition) is 0. The number of ether oxygens (including phenoxy) is 3. The number of esters is 1. The summed E-state index contributed by atoms with van der Waals surface area (Å²) in [6.45, 7) is 1.58. The van der Waals surface area contributed by atoms with Crippen LogP contribution >= 0.6 is 0 Å². The Morgan fingerprint density at radius 1 is 1.00 bits per heavy atom. The highest BCUT2D eigenvalue weighted by Gasteiger charge is 2.22. The minimum Gasteiger partial charge on any atom is -0.497 e. The van der Waals surface area contributed by atoms with Gasteiger partial charge in [0.1, 0.15) is 11.5 Å². The molecule has 0 amide bonds. The van der Waals surface area contributed by atoms with Crippen LogP contribution in [0.2, 0.25) is 0 Å². The summed E-state index contributed by atoms with van der Waals surface area (Å²) >= 11 is 0. The third-order valence-corrected chi connectivity index (χ3v) is 3.95. The third kappa shape index (κ3) is 4.59. The SMILES string of the molecule is CC[C@@H](C(=O)OCC(=O)c1ccc(OC)cc1OC)c1ccccc1. The van der Waals surface area contributed by atoms with Crippen molar-refractivity contribution in [3.63, 3.8) is 0 Å². The highest BCUT2D eigenvalue weighted by molar-refractivity contribution is 6.00. The van der Waals surface area contributed by atoms with Crippen molar-refractivity contribution in [1.29, 1.82) is 0 Å². The van der Waals surface area contributed by atoms with Crippen LogP contribution in [-0.4, -0.2) is 32.6 Å². The van der Waals surface area contributed by atoms with Crippen molar-refractivity contribution in [1.82, 2.24) is 0 Å². The van der Waals surface area contributed by atoms with Gasteiger partial charge in [0.15, 0.2) is 6.61 Å². The van der Waals surface area contributed by atoms with Gasteiger partial charge in [-0.15, -0.1) is 0 Å². The first-order valence-electron chi connectivity index (χ1n) is 8.07. The van der Waals surface area contributed by atoms with Gasteiger partial charge in [-0.1, -0.05) is 37.3 Å². The molecular formula is C20H22O5. The highest BCUT2D eigenvalue weighted by atomic mass is 16.5. The van der Waals surface area contributed by atoms with Gasteiger partial charge in [0.25, 0.3) is 0 Å². The highest BCUT2D eigenvalue weighted by Crippen LogP contribution is 2.25. The van der Waals surface area contributed by atoms with Gasteiger partial charge in [0.2, 0.25) is 5.78 Å². The van der Waals surface area contributed by atoms with E-state index in [0.29, 0.717) is 23.5 Å². The van der Waals surface area contributed by atoms with E-state index in [0.717, 1.165) is 5.56 Å². The van der Waals surface area contributed by atoms with E-state index in [1.165, 1.54) is 14.2 Å². The third-order valence-electron chi connectivity index (χ3n) is 3.95. The fourth-order valence-corrected chi connectivity index (χ4v) is 2.57. The number of rotatable bonds is 8. The second kappa shape index (κ2) is 8.87. The van der Waals surface area contributed by atoms with Gasteiger partial charge in [-0.25, -0.2) is 0 Å². The molecule has 0 N–H and O–H groups in total. The molecule has 0 heterocycles. The van der Waals surface area contributed by atoms with Gasteiger partial charge >= 0.3 is 5.97 Å². The quantitative estimate of drug-likeness (QED) is 0.541.